The highest BCUT2D eigenvalue weighted by molar-refractivity contribution is 6.14. The summed E-state index contributed by atoms with van der Waals surface area (Å²) in [7, 11) is 0. The van der Waals surface area contributed by atoms with Crippen LogP contribution in [0.1, 0.15) is 24.2 Å². The minimum Gasteiger partial charge on any atom is -0.478 e. The van der Waals surface area contributed by atoms with Gasteiger partial charge in [-0.15, -0.1) is 0 Å². The molecule has 8 heteroatoms. The van der Waals surface area contributed by atoms with Gasteiger partial charge in [0.2, 0.25) is 0 Å². The van der Waals surface area contributed by atoms with E-state index in [1.807, 2.05) is 0 Å². The molecule has 8 nitrogen and oxygen atoms in total. The minimum atomic E-state index is -1.12. The summed E-state index contributed by atoms with van der Waals surface area (Å²) in [5.41, 5.74) is 5.05. The number of hydrogen-bond donors (Lipinski definition) is 3. The summed E-state index contributed by atoms with van der Waals surface area (Å²) in [5.74, 6) is -2.80. The van der Waals surface area contributed by atoms with Crippen LogP contribution in [0.4, 0.5) is 5.69 Å². The van der Waals surface area contributed by atoms with Gasteiger partial charge in [0.25, 0.3) is 0 Å². The van der Waals surface area contributed by atoms with Crippen molar-refractivity contribution < 1.29 is 29.0 Å². The molecule has 0 heterocycles. The minimum absolute atomic E-state index is 0.0298. The average Bonchev–Trinajstić information content (AvgIpc) is 2.52. The molecule has 0 unspecified atom stereocenters. The Morgan fingerprint density at radius 1 is 1.09 bits per heavy atom. The lowest BCUT2D eigenvalue weighted by Gasteiger charge is -2.10. The quantitative estimate of drug-likeness (QED) is 0.216. The number of hydrazine groups is 1. The number of aromatic carboxylic acids is 1. The molecule has 0 spiro atoms. The third kappa shape index (κ3) is 5.34. The van der Waals surface area contributed by atoms with Crippen molar-refractivity contribution in [3.05, 3.63) is 41.6 Å². The van der Waals surface area contributed by atoms with Gasteiger partial charge in [0.15, 0.2) is 5.57 Å². The smallest absolute Gasteiger partial charge is 0.347 e. The second kappa shape index (κ2) is 9.08. The van der Waals surface area contributed by atoms with Crippen molar-refractivity contribution in [1.82, 2.24) is 5.43 Å². The molecule has 0 saturated heterocycles. The molecule has 0 aliphatic carbocycles. The van der Waals surface area contributed by atoms with E-state index in [1.165, 1.54) is 12.1 Å². The molecular weight excluding hydrogens is 304 g/mol. The van der Waals surface area contributed by atoms with Gasteiger partial charge >= 0.3 is 17.9 Å². The summed E-state index contributed by atoms with van der Waals surface area (Å²) in [6, 6.07) is 6.15. The fraction of sp³-hybridized carbons (Fsp3) is 0.267. The lowest BCUT2D eigenvalue weighted by molar-refractivity contribution is -0.146. The zero-order chi connectivity index (χ0) is 17.2. The molecule has 0 aromatic heterocycles. The number of carbonyl (C=O) groups is 3. The second-order valence-corrected chi connectivity index (χ2v) is 4.12. The van der Waals surface area contributed by atoms with Crippen molar-refractivity contribution in [2.24, 2.45) is 0 Å². The van der Waals surface area contributed by atoms with Crippen LogP contribution in [0.2, 0.25) is 0 Å². The topological polar surface area (TPSA) is 114 Å². The molecule has 124 valence electrons. The van der Waals surface area contributed by atoms with Gasteiger partial charge in [0, 0.05) is 6.20 Å². The first kappa shape index (κ1) is 18.0. The first-order valence-corrected chi connectivity index (χ1v) is 6.89. The van der Waals surface area contributed by atoms with E-state index >= 15 is 0 Å². The Kier molecular flexibility index (Phi) is 7.12. The Labute approximate surface area is 133 Å². The zero-order valence-corrected chi connectivity index (χ0v) is 12.8. The fourth-order valence-electron chi connectivity index (χ4n) is 1.58. The highest BCUT2D eigenvalue weighted by atomic mass is 16.6. The molecule has 0 bridgehead atoms. The number of rotatable bonds is 8. The average molecular weight is 322 g/mol. The maximum atomic E-state index is 11.7. The van der Waals surface area contributed by atoms with Crippen LogP contribution in [0.15, 0.2) is 36.0 Å². The van der Waals surface area contributed by atoms with Gasteiger partial charge < -0.3 is 25.4 Å². The SMILES string of the molecule is CCOC(=O)C(=CNNc1ccccc1C(=O)O)C(=O)OCC. The molecule has 0 aliphatic heterocycles. The van der Waals surface area contributed by atoms with Crippen molar-refractivity contribution in [3.8, 4) is 0 Å². The van der Waals surface area contributed by atoms with Crippen LogP contribution in [0.3, 0.4) is 0 Å². The summed E-state index contributed by atoms with van der Waals surface area (Å²) in [6.45, 7) is 3.42. The Morgan fingerprint density at radius 3 is 2.17 bits per heavy atom. The molecule has 1 rings (SSSR count). The van der Waals surface area contributed by atoms with E-state index in [1.54, 1.807) is 26.0 Å². The van der Waals surface area contributed by atoms with Gasteiger partial charge in [-0.3, -0.25) is 0 Å². The van der Waals surface area contributed by atoms with Crippen LogP contribution in [-0.4, -0.2) is 36.2 Å². The van der Waals surface area contributed by atoms with E-state index in [0.29, 0.717) is 0 Å². The summed E-state index contributed by atoms with van der Waals surface area (Å²) in [6.07, 6.45) is 1.06. The lowest BCUT2D eigenvalue weighted by Crippen LogP contribution is -2.24. The number of carbonyl (C=O) groups excluding carboxylic acids is 2. The Hall–Kier alpha value is -3.03. The van der Waals surface area contributed by atoms with Crippen LogP contribution in [0.5, 0.6) is 0 Å². The van der Waals surface area contributed by atoms with E-state index in [4.69, 9.17) is 14.6 Å². The van der Waals surface area contributed by atoms with Crippen molar-refractivity contribution in [2.45, 2.75) is 13.8 Å². The number of carboxylic acid groups (broad SMARTS) is 1. The van der Waals surface area contributed by atoms with Gasteiger partial charge in [-0.05, 0) is 26.0 Å². The monoisotopic (exact) mass is 322 g/mol. The normalized spacial score (nSPS) is 9.48. The number of nitrogens with one attached hydrogen (secondary N) is 2. The lowest BCUT2D eigenvalue weighted by atomic mass is 10.2. The molecule has 0 saturated carbocycles. The maximum absolute atomic E-state index is 11.7. The summed E-state index contributed by atoms with van der Waals surface area (Å²) in [4.78, 5) is 34.5. The Bertz CT molecular complexity index is 592. The summed E-state index contributed by atoms with van der Waals surface area (Å²) >= 11 is 0. The molecule has 0 radical (unpaired) electrons. The molecular formula is C15H18N2O6. The van der Waals surface area contributed by atoms with Gasteiger partial charge in [-0.25, -0.2) is 14.4 Å². The van der Waals surface area contributed by atoms with Gasteiger partial charge in [0.1, 0.15) is 0 Å². The molecule has 1 aromatic carbocycles. The number of esters is 2. The van der Waals surface area contributed by atoms with E-state index in [2.05, 4.69) is 10.9 Å². The largest absolute Gasteiger partial charge is 0.478 e. The predicted octanol–water partition coefficient (Wildman–Crippen LogP) is 1.31. The Morgan fingerprint density at radius 2 is 1.65 bits per heavy atom. The van der Waals surface area contributed by atoms with Gasteiger partial charge in [-0.2, -0.15) is 0 Å². The second-order valence-electron chi connectivity index (χ2n) is 4.12. The fourth-order valence-corrected chi connectivity index (χ4v) is 1.58. The van der Waals surface area contributed by atoms with Crippen LogP contribution in [0, 0.1) is 0 Å². The number of para-hydroxylation sites is 1. The van der Waals surface area contributed by atoms with E-state index in [-0.39, 0.29) is 30.0 Å². The van der Waals surface area contributed by atoms with E-state index < -0.39 is 17.9 Å². The van der Waals surface area contributed by atoms with Crippen molar-refractivity contribution in [2.75, 3.05) is 18.6 Å². The molecule has 0 aliphatic rings. The molecule has 0 atom stereocenters. The van der Waals surface area contributed by atoms with Crippen LogP contribution in [0.25, 0.3) is 0 Å². The first-order chi connectivity index (χ1) is 11.0. The van der Waals surface area contributed by atoms with Gasteiger partial charge in [0.05, 0.1) is 24.5 Å². The number of ether oxygens (including phenoxy) is 2. The summed E-state index contributed by atoms with van der Waals surface area (Å²) < 4.78 is 9.53. The molecule has 0 amide bonds. The highest BCUT2D eigenvalue weighted by Crippen LogP contribution is 2.13. The van der Waals surface area contributed by atoms with Crippen LogP contribution >= 0.6 is 0 Å². The molecule has 23 heavy (non-hydrogen) atoms. The number of anilines is 1. The standard InChI is InChI=1S/C15H18N2O6/c1-3-22-14(20)11(15(21)23-4-2)9-16-17-12-8-6-5-7-10(12)13(18)19/h5-9,16-17H,3-4H2,1-2H3,(H,18,19). The predicted molar refractivity (Wildman–Crippen MR) is 81.5 cm³/mol. The molecule has 0 fully saturated rings. The van der Waals surface area contributed by atoms with Crippen molar-refractivity contribution >= 4 is 23.6 Å². The highest BCUT2D eigenvalue weighted by Gasteiger charge is 2.21. The molecule has 3 N–H and O–H groups in total. The van der Waals surface area contributed by atoms with E-state index in [0.717, 1.165) is 6.20 Å². The van der Waals surface area contributed by atoms with Gasteiger partial charge in [-0.1, -0.05) is 12.1 Å². The number of carboxylic acids is 1. The number of hydrogen-bond acceptors (Lipinski definition) is 7. The number of benzene rings is 1. The van der Waals surface area contributed by atoms with Crippen LogP contribution in [-0.2, 0) is 19.1 Å². The third-order valence-corrected chi connectivity index (χ3v) is 2.57. The summed E-state index contributed by atoms with van der Waals surface area (Å²) in [5, 5.41) is 9.06. The first-order valence-electron chi connectivity index (χ1n) is 6.89. The maximum Gasteiger partial charge on any atom is 0.347 e. The molecule has 1 aromatic rings. The van der Waals surface area contributed by atoms with Crippen LogP contribution < -0.4 is 10.9 Å². The van der Waals surface area contributed by atoms with Crippen molar-refractivity contribution in [1.29, 1.82) is 0 Å². The zero-order valence-electron chi connectivity index (χ0n) is 12.8. The Balaban J connectivity index is 2.87. The van der Waals surface area contributed by atoms with E-state index in [9.17, 15) is 14.4 Å². The third-order valence-electron chi connectivity index (χ3n) is 2.57. The van der Waals surface area contributed by atoms with Crippen molar-refractivity contribution in [3.63, 3.8) is 0 Å².